The van der Waals surface area contributed by atoms with Crippen molar-refractivity contribution in [2.24, 2.45) is 0 Å². The maximum Gasteiger partial charge on any atom is 0.295 e. The second-order valence-electron chi connectivity index (χ2n) is 8.94. The van der Waals surface area contributed by atoms with Gasteiger partial charge in [0.1, 0.15) is 17.3 Å². The van der Waals surface area contributed by atoms with Crippen molar-refractivity contribution in [3.05, 3.63) is 53.1 Å². The summed E-state index contributed by atoms with van der Waals surface area (Å²) in [7, 11) is 8.27. The number of carbonyl (C=O) groups is 2. The van der Waals surface area contributed by atoms with Crippen molar-refractivity contribution in [1.82, 2.24) is 9.80 Å². The number of benzene rings is 2. The lowest BCUT2D eigenvalue weighted by Gasteiger charge is -2.27. The summed E-state index contributed by atoms with van der Waals surface area (Å²) < 4.78 is 22.1. The predicted octanol–water partition coefficient (Wildman–Crippen LogP) is 3.48. The molecule has 1 unspecified atom stereocenters. The van der Waals surface area contributed by atoms with E-state index in [1.54, 1.807) is 36.4 Å². The number of Topliss-reactive ketones (excluding diaryl/α,β-unsaturated/α-hetero) is 1. The lowest BCUT2D eigenvalue weighted by atomic mass is 9.94. The Balaban J connectivity index is 2.21. The number of amides is 1. The van der Waals surface area contributed by atoms with E-state index in [4.69, 9.17) is 18.9 Å². The molecule has 0 spiro atoms. The van der Waals surface area contributed by atoms with Gasteiger partial charge in [0.2, 0.25) is 0 Å². The molecular weight excluding hydrogens is 464 g/mol. The largest absolute Gasteiger partial charge is 0.507 e. The highest BCUT2D eigenvalue weighted by molar-refractivity contribution is 6.46. The standard InChI is InChI=1S/C27H34N2O7/c1-16(2)36-20-11-8-17(14-22(20)35-7)24-23(26(31)27(32)29(24)13-12-28(3)4)25(30)19-10-9-18(33-5)15-21(19)34-6/h8-11,14-16,24,30H,12-13H2,1-7H3/b25-23+. The molecule has 1 aliphatic rings. The molecule has 9 nitrogen and oxygen atoms in total. The summed E-state index contributed by atoms with van der Waals surface area (Å²) in [4.78, 5) is 29.9. The molecule has 36 heavy (non-hydrogen) atoms. The highest BCUT2D eigenvalue weighted by Gasteiger charge is 2.46. The number of likely N-dealkylation sites (N-methyl/N-ethyl adjacent to an activating group) is 1. The van der Waals surface area contributed by atoms with E-state index in [9.17, 15) is 14.7 Å². The van der Waals surface area contributed by atoms with Gasteiger partial charge in [-0.1, -0.05) is 6.07 Å². The van der Waals surface area contributed by atoms with Gasteiger partial charge < -0.3 is 33.9 Å². The number of methoxy groups -OCH3 is 3. The first-order valence-corrected chi connectivity index (χ1v) is 11.6. The van der Waals surface area contributed by atoms with Gasteiger partial charge in [0.25, 0.3) is 11.7 Å². The van der Waals surface area contributed by atoms with Crippen LogP contribution < -0.4 is 18.9 Å². The molecule has 194 valence electrons. The van der Waals surface area contributed by atoms with Crippen molar-refractivity contribution in [2.75, 3.05) is 48.5 Å². The van der Waals surface area contributed by atoms with Gasteiger partial charge in [-0.05, 0) is 57.8 Å². The molecule has 1 N–H and O–H groups in total. The number of rotatable bonds is 10. The summed E-state index contributed by atoms with van der Waals surface area (Å²) in [5.74, 6) is 0.0552. The topological polar surface area (TPSA) is 97.8 Å². The monoisotopic (exact) mass is 498 g/mol. The number of aliphatic hydroxyl groups is 1. The molecule has 0 bridgehead atoms. The van der Waals surface area contributed by atoms with Crippen molar-refractivity contribution in [2.45, 2.75) is 26.0 Å². The summed E-state index contributed by atoms with van der Waals surface area (Å²) in [5, 5.41) is 11.4. The van der Waals surface area contributed by atoms with E-state index >= 15 is 0 Å². The first-order chi connectivity index (χ1) is 17.1. The van der Waals surface area contributed by atoms with Gasteiger partial charge in [-0.3, -0.25) is 9.59 Å². The van der Waals surface area contributed by atoms with Crippen LogP contribution in [0.25, 0.3) is 5.76 Å². The van der Waals surface area contributed by atoms with Crippen molar-refractivity contribution in [3.8, 4) is 23.0 Å². The summed E-state index contributed by atoms with van der Waals surface area (Å²) in [5.41, 5.74) is 0.859. The molecule has 2 aromatic rings. The molecule has 1 saturated heterocycles. The summed E-state index contributed by atoms with van der Waals surface area (Å²) in [6, 6.07) is 9.26. The third kappa shape index (κ3) is 5.41. The number of likely N-dealkylation sites (tertiary alicyclic amines) is 1. The minimum absolute atomic E-state index is 0.0261. The Morgan fingerprint density at radius 2 is 1.67 bits per heavy atom. The Bertz CT molecular complexity index is 1160. The molecule has 3 rings (SSSR count). The zero-order valence-corrected chi connectivity index (χ0v) is 21.8. The van der Waals surface area contributed by atoms with Crippen LogP contribution in [0.1, 0.15) is 31.0 Å². The number of aliphatic hydroxyl groups excluding tert-OH is 1. The second-order valence-corrected chi connectivity index (χ2v) is 8.94. The predicted molar refractivity (Wildman–Crippen MR) is 136 cm³/mol. The Morgan fingerprint density at radius 1 is 0.972 bits per heavy atom. The molecule has 1 aliphatic heterocycles. The van der Waals surface area contributed by atoms with Crippen LogP contribution in [0.4, 0.5) is 0 Å². The fraction of sp³-hybridized carbons (Fsp3) is 0.407. The third-order valence-corrected chi connectivity index (χ3v) is 5.86. The molecule has 0 aromatic heterocycles. The van der Waals surface area contributed by atoms with E-state index in [0.29, 0.717) is 35.1 Å². The summed E-state index contributed by atoms with van der Waals surface area (Å²) in [6.07, 6.45) is -0.0713. The molecule has 1 amide bonds. The average Bonchev–Trinajstić information content (AvgIpc) is 3.11. The summed E-state index contributed by atoms with van der Waals surface area (Å²) in [6.45, 7) is 4.63. The van der Waals surface area contributed by atoms with Crippen molar-refractivity contribution in [3.63, 3.8) is 0 Å². The van der Waals surface area contributed by atoms with Crippen LogP contribution in [-0.2, 0) is 9.59 Å². The van der Waals surface area contributed by atoms with Gasteiger partial charge in [0.05, 0.1) is 44.6 Å². The van der Waals surface area contributed by atoms with Crippen LogP contribution in [-0.4, -0.2) is 81.2 Å². The Hall–Kier alpha value is -3.72. The highest BCUT2D eigenvalue weighted by Crippen LogP contribution is 2.43. The zero-order valence-electron chi connectivity index (χ0n) is 21.8. The smallest absolute Gasteiger partial charge is 0.295 e. The molecule has 0 saturated carbocycles. The van der Waals surface area contributed by atoms with Crippen LogP contribution in [0.15, 0.2) is 42.0 Å². The van der Waals surface area contributed by atoms with E-state index in [1.165, 1.54) is 26.2 Å². The van der Waals surface area contributed by atoms with E-state index in [1.807, 2.05) is 32.8 Å². The molecule has 1 fully saturated rings. The third-order valence-electron chi connectivity index (χ3n) is 5.86. The zero-order chi connectivity index (χ0) is 26.6. The summed E-state index contributed by atoms with van der Waals surface area (Å²) >= 11 is 0. The average molecular weight is 499 g/mol. The van der Waals surface area contributed by atoms with Gasteiger partial charge in [-0.25, -0.2) is 0 Å². The van der Waals surface area contributed by atoms with E-state index in [-0.39, 0.29) is 29.5 Å². The Kier molecular flexibility index (Phi) is 8.47. The number of ketones is 1. The maximum absolute atomic E-state index is 13.3. The molecule has 1 heterocycles. The molecule has 0 aliphatic carbocycles. The van der Waals surface area contributed by atoms with Gasteiger partial charge in [0, 0.05) is 19.2 Å². The highest BCUT2D eigenvalue weighted by atomic mass is 16.5. The first kappa shape index (κ1) is 26.9. The van der Waals surface area contributed by atoms with E-state index < -0.39 is 17.7 Å². The molecule has 0 radical (unpaired) electrons. The van der Waals surface area contributed by atoms with Crippen LogP contribution in [0.3, 0.4) is 0 Å². The molecular formula is C27H34N2O7. The minimum Gasteiger partial charge on any atom is -0.507 e. The normalized spacial score (nSPS) is 17.1. The van der Waals surface area contributed by atoms with Gasteiger partial charge in [-0.15, -0.1) is 0 Å². The molecule has 9 heteroatoms. The number of hydrogen-bond acceptors (Lipinski definition) is 8. The second kappa shape index (κ2) is 11.3. The molecule has 1 atom stereocenters. The van der Waals surface area contributed by atoms with Gasteiger partial charge in [-0.2, -0.15) is 0 Å². The van der Waals surface area contributed by atoms with E-state index in [0.717, 1.165) is 0 Å². The fourth-order valence-electron chi connectivity index (χ4n) is 4.11. The lowest BCUT2D eigenvalue weighted by molar-refractivity contribution is -0.140. The van der Waals surface area contributed by atoms with Gasteiger partial charge >= 0.3 is 0 Å². The SMILES string of the molecule is COc1ccc(/C(O)=C2\C(=O)C(=O)N(CCN(C)C)C2c2ccc(OC(C)C)c(OC)c2)c(OC)c1. The molecule has 2 aromatic carbocycles. The first-order valence-electron chi connectivity index (χ1n) is 11.6. The van der Waals surface area contributed by atoms with Crippen LogP contribution in [0, 0.1) is 0 Å². The Morgan fingerprint density at radius 3 is 2.25 bits per heavy atom. The van der Waals surface area contributed by atoms with Crippen LogP contribution in [0.2, 0.25) is 0 Å². The van der Waals surface area contributed by atoms with Crippen molar-refractivity contribution < 1.29 is 33.6 Å². The lowest BCUT2D eigenvalue weighted by Crippen LogP contribution is -2.35. The van der Waals surface area contributed by atoms with E-state index in [2.05, 4.69) is 0 Å². The maximum atomic E-state index is 13.3. The number of carbonyl (C=O) groups excluding carboxylic acids is 2. The number of nitrogens with zero attached hydrogens (tertiary/aromatic N) is 2. The fourth-order valence-corrected chi connectivity index (χ4v) is 4.11. The van der Waals surface area contributed by atoms with Crippen LogP contribution in [0.5, 0.6) is 23.0 Å². The minimum atomic E-state index is -0.834. The quantitative estimate of drug-likeness (QED) is 0.302. The number of ether oxygens (including phenoxy) is 4. The van der Waals surface area contributed by atoms with Gasteiger partial charge in [0.15, 0.2) is 11.5 Å². The van der Waals surface area contributed by atoms with Crippen molar-refractivity contribution in [1.29, 1.82) is 0 Å². The van der Waals surface area contributed by atoms with Crippen molar-refractivity contribution >= 4 is 17.4 Å². The number of hydrogen-bond donors (Lipinski definition) is 1. The van der Waals surface area contributed by atoms with Crippen LogP contribution >= 0.6 is 0 Å². The Labute approximate surface area is 211 Å².